The van der Waals surface area contributed by atoms with E-state index in [4.69, 9.17) is 5.73 Å². The maximum atomic E-state index is 11.6. The molecule has 2 N–H and O–H groups in total. The zero-order valence-corrected chi connectivity index (χ0v) is 7.73. The Balaban J connectivity index is 3.25. The molecule has 0 radical (unpaired) electrons. The van der Waals surface area contributed by atoms with Gasteiger partial charge in [-0.3, -0.25) is 0 Å². The molecule has 0 spiro atoms. The fourth-order valence-corrected chi connectivity index (χ4v) is 0.938. The largest absolute Gasteiger partial charge is 0.411 e. The molecule has 0 heterocycles. The van der Waals surface area contributed by atoms with Crippen LogP contribution in [0.1, 0.15) is 26.2 Å². The highest BCUT2D eigenvalue weighted by atomic mass is 19.4. The van der Waals surface area contributed by atoms with E-state index in [9.17, 15) is 13.2 Å². The number of rotatable bonds is 6. The Morgan fingerprint density at radius 1 is 1.31 bits per heavy atom. The molecule has 0 rings (SSSR count). The normalized spacial score (nSPS) is 14.5. The van der Waals surface area contributed by atoms with Gasteiger partial charge in [-0.2, -0.15) is 13.2 Å². The van der Waals surface area contributed by atoms with Crippen molar-refractivity contribution in [1.82, 2.24) is 0 Å². The van der Waals surface area contributed by atoms with E-state index >= 15 is 0 Å². The number of nitrogens with two attached hydrogens (primary N) is 1. The van der Waals surface area contributed by atoms with Crippen LogP contribution in [0.2, 0.25) is 0 Å². The highest BCUT2D eigenvalue weighted by Gasteiger charge is 2.27. The van der Waals surface area contributed by atoms with Crippen molar-refractivity contribution in [1.29, 1.82) is 0 Å². The van der Waals surface area contributed by atoms with E-state index in [1.807, 2.05) is 6.92 Å². The Labute approximate surface area is 76.2 Å². The van der Waals surface area contributed by atoms with Crippen LogP contribution < -0.4 is 5.73 Å². The number of hydrogen-bond acceptors (Lipinski definition) is 2. The lowest BCUT2D eigenvalue weighted by atomic mass is 10.1. The summed E-state index contributed by atoms with van der Waals surface area (Å²) in [6, 6.07) is -0.0433. The lowest BCUT2D eigenvalue weighted by Gasteiger charge is -2.11. The van der Waals surface area contributed by atoms with Gasteiger partial charge in [-0.25, -0.2) is 0 Å². The summed E-state index contributed by atoms with van der Waals surface area (Å²) in [4.78, 5) is 0. The molecule has 0 aromatic rings. The predicted molar refractivity (Wildman–Crippen MR) is 44.4 cm³/mol. The molecular weight excluding hydrogens is 183 g/mol. The second-order valence-electron chi connectivity index (χ2n) is 3.01. The minimum Gasteiger partial charge on any atom is -0.372 e. The fraction of sp³-hybridized carbons (Fsp3) is 1.00. The van der Waals surface area contributed by atoms with Crippen molar-refractivity contribution < 1.29 is 17.9 Å². The van der Waals surface area contributed by atoms with Gasteiger partial charge in [0.2, 0.25) is 0 Å². The Morgan fingerprint density at radius 3 is 2.38 bits per heavy atom. The maximum Gasteiger partial charge on any atom is 0.411 e. The molecule has 0 unspecified atom stereocenters. The molecule has 0 fully saturated rings. The topological polar surface area (TPSA) is 35.2 Å². The smallest absolute Gasteiger partial charge is 0.372 e. The SMILES string of the molecule is CCC[C@@H](N)CCOCC(F)(F)F. The van der Waals surface area contributed by atoms with Crippen molar-refractivity contribution in [3.05, 3.63) is 0 Å². The zero-order valence-electron chi connectivity index (χ0n) is 7.73. The summed E-state index contributed by atoms with van der Waals surface area (Å²) in [5.41, 5.74) is 5.57. The first-order valence-corrected chi connectivity index (χ1v) is 4.35. The summed E-state index contributed by atoms with van der Waals surface area (Å²) >= 11 is 0. The Morgan fingerprint density at radius 2 is 1.92 bits per heavy atom. The van der Waals surface area contributed by atoms with Gasteiger partial charge in [0.1, 0.15) is 6.61 Å². The van der Waals surface area contributed by atoms with Crippen molar-refractivity contribution in [2.24, 2.45) is 5.73 Å². The van der Waals surface area contributed by atoms with Gasteiger partial charge in [0.05, 0.1) is 0 Å². The fourth-order valence-electron chi connectivity index (χ4n) is 0.938. The number of ether oxygens (including phenoxy) is 1. The molecule has 0 aromatic carbocycles. The minimum absolute atomic E-state index is 0.0433. The molecule has 13 heavy (non-hydrogen) atoms. The van der Waals surface area contributed by atoms with Crippen LogP contribution in [-0.2, 0) is 4.74 Å². The monoisotopic (exact) mass is 199 g/mol. The Hall–Kier alpha value is -0.290. The van der Waals surface area contributed by atoms with Gasteiger partial charge in [0.15, 0.2) is 0 Å². The molecule has 1 atom stereocenters. The highest BCUT2D eigenvalue weighted by molar-refractivity contribution is 4.59. The zero-order chi connectivity index (χ0) is 10.3. The minimum atomic E-state index is -4.23. The van der Waals surface area contributed by atoms with Gasteiger partial charge < -0.3 is 10.5 Å². The number of halogens is 3. The molecule has 0 aliphatic carbocycles. The molecule has 0 bridgehead atoms. The summed E-state index contributed by atoms with van der Waals surface area (Å²) in [7, 11) is 0. The molecule has 2 nitrogen and oxygen atoms in total. The van der Waals surface area contributed by atoms with E-state index in [1.165, 1.54) is 0 Å². The highest BCUT2D eigenvalue weighted by Crippen LogP contribution is 2.14. The van der Waals surface area contributed by atoms with Gasteiger partial charge in [-0.15, -0.1) is 0 Å². The van der Waals surface area contributed by atoms with Gasteiger partial charge in [-0.1, -0.05) is 13.3 Å². The van der Waals surface area contributed by atoms with E-state index in [0.29, 0.717) is 6.42 Å². The molecule has 0 saturated heterocycles. The molecule has 0 saturated carbocycles. The third kappa shape index (κ3) is 9.63. The van der Waals surface area contributed by atoms with Crippen LogP contribution in [-0.4, -0.2) is 25.4 Å². The second-order valence-corrected chi connectivity index (χ2v) is 3.01. The van der Waals surface area contributed by atoms with Crippen LogP contribution >= 0.6 is 0 Å². The average molecular weight is 199 g/mol. The van der Waals surface area contributed by atoms with Gasteiger partial charge in [0.25, 0.3) is 0 Å². The van der Waals surface area contributed by atoms with E-state index < -0.39 is 12.8 Å². The summed E-state index contributed by atoms with van der Waals surface area (Å²) in [6.07, 6.45) is -1.96. The lowest BCUT2D eigenvalue weighted by Crippen LogP contribution is -2.24. The van der Waals surface area contributed by atoms with Crippen LogP contribution in [0.5, 0.6) is 0 Å². The first-order chi connectivity index (χ1) is 5.95. The van der Waals surface area contributed by atoms with Gasteiger partial charge in [-0.05, 0) is 12.8 Å². The van der Waals surface area contributed by atoms with Crippen molar-refractivity contribution in [3.8, 4) is 0 Å². The molecule has 0 aliphatic rings. The summed E-state index contributed by atoms with van der Waals surface area (Å²) in [5.74, 6) is 0. The maximum absolute atomic E-state index is 11.6. The molecule has 0 amide bonds. The lowest BCUT2D eigenvalue weighted by molar-refractivity contribution is -0.174. The van der Waals surface area contributed by atoms with Crippen molar-refractivity contribution in [3.63, 3.8) is 0 Å². The van der Waals surface area contributed by atoms with Crippen LogP contribution in [0.3, 0.4) is 0 Å². The Bertz CT molecular complexity index is 127. The van der Waals surface area contributed by atoms with Gasteiger partial charge >= 0.3 is 6.18 Å². The van der Waals surface area contributed by atoms with Gasteiger partial charge in [0, 0.05) is 12.6 Å². The summed E-state index contributed by atoms with van der Waals surface area (Å²) < 4.78 is 39.1. The predicted octanol–water partition coefficient (Wildman–Crippen LogP) is 2.08. The standard InChI is InChI=1S/C8H16F3NO/c1-2-3-7(12)4-5-13-6-8(9,10)11/h7H,2-6,12H2,1H3/t7-/m1/s1. The number of alkyl halides is 3. The number of hydrogen-bond donors (Lipinski definition) is 1. The van der Waals surface area contributed by atoms with Crippen molar-refractivity contribution >= 4 is 0 Å². The summed E-state index contributed by atoms with van der Waals surface area (Å²) in [5, 5.41) is 0. The molecular formula is C8H16F3NO. The van der Waals surface area contributed by atoms with E-state index in [2.05, 4.69) is 4.74 Å². The van der Waals surface area contributed by atoms with E-state index in [-0.39, 0.29) is 12.6 Å². The first-order valence-electron chi connectivity index (χ1n) is 4.35. The molecule has 0 aromatic heterocycles. The van der Waals surface area contributed by atoms with Crippen LogP contribution in [0, 0.1) is 0 Å². The third-order valence-electron chi connectivity index (χ3n) is 1.56. The average Bonchev–Trinajstić information content (AvgIpc) is 1.97. The third-order valence-corrected chi connectivity index (χ3v) is 1.56. The Kier molecular flexibility index (Phi) is 6.07. The molecule has 5 heteroatoms. The van der Waals surface area contributed by atoms with Crippen molar-refractivity contribution in [2.45, 2.75) is 38.4 Å². The quantitative estimate of drug-likeness (QED) is 0.665. The molecule has 0 aliphatic heterocycles. The van der Waals surface area contributed by atoms with Crippen LogP contribution in [0.25, 0.3) is 0 Å². The van der Waals surface area contributed by atoms with Crippen LogP contribution in [0.15, 0.2) is 0 Å². The molecule has 80 valence electrons. The van der Waals surface area contributed by atoms with Crippen LogP contribution in [0.4, 0.5) is 13.2 Å². The summed E-state index contributed by atoms with van der Waals surface area (Å²) in [6.45, 7) is 0.892. The van der Waals surface area contributed by atoms with E-state index in [1.54, 1.807) is 0 Å². The second kappa shape index (κ2) is 6.21. The van der Waals surface area contributed by atoms with E-state index in [0.717, 1.165) is 12.8 Å². The van der Waals surface area contributed by atoms with Crippen molar-refractivity contribution in [2.75, 3.05) is 13.2 Å². The first kappa shape index (κ1) is 12.7.